The van der Waals surface area contributed by atoms with Crippen molar-refractivity contribution in [3.05, 3.63) is 0 Å². The Morgan fingerprint density at radius 3 is 1.71 bits per heavy atom. The van der Waals surface area contributed by atoms with Crippen LogP contribution in [-0.2, 0) is 52.1 Å². The summed E-state index contributed by atoms with van der Waals surface area (Å²) in [7, 11) is 0. The largest absolute Gasteiger partial charge is 0.412 e. The zero-order valence-electron chi connectivity index (χ0n) is 24.7. The molecule has 0 saturated heterocycles. The molecule has 0 radical (unpaired) electrons. The molecule has 0 aromatic carbocycles. The Kier molecular flexibility index (Phi) is 24.0. The van der Waals surface area contributed by atoms with Crippen molar-refractivity contribution in [3.63, 3.8) is 0 Å². The summed E-state index contributed by atoms with van der Waals surface area (Å²) < 4.78 is 61.7. The van der Waals surface area contributed by atoms with E-state index >= 15 is 0 Å². The van der Waals surface area contributed by atoms with E-state index < -0.39 is 24.3 Å². The van der Waals surface area contributed by atoms with Crippen LogP contribution in [0.25, 0.3) is 0 Å². The van der Waals surface area contributed by atoms with Crippen LogP contribution in [0.15, 0.2) is 0 Å². The molecule has 12 nitrogen and oxygen atoms in total. The zero-order valence-corrected chi connectivity index (χ0v) is 24.7. The van der Waals surface area contributed by atoms with Gasteiger partial charge in [0.2, 0.25) is 0 Å². The Bertz CT molecular complexity index is 515. The number of hydrogen-bond acceptors (Lipinski definition) is 12. The Morgan fingerprint density at radius 2 is 1.11 bits per heavy atom. The first-order valence-corrected chi connectivity index (χ1v) is 13.8. The van der Waals surface area contributed by atoms with Crippen molar-refractivity contribution in [3.8, 4) is 0 Å². The molecule has 0 saturated carbocycles. The number of ether oxygens (including phenoxy) is 11. The van der Waals surface area contributed by atoms with Crippen molar-refractivity contribution < 1.29 is 57.2 Å². The van der Waals surface area contributed by atoms with E-state index in [-0.39, 0.29) is 33.0 Å². The van der Waals surface area contributed by atoms with Gasteiger partial charge in [-0.3, -0.25) is 4.74 Å². The van der Waals surface area contributed by atoms with Crippen molar-refractivity contribution in [1.82, 2.24) is 0 Å². The zero-order chi connectivity index (χ0) is 28.5. The average molecular weight is 559 g/mol. The SMILES string of the molecule is CCOCCCOC(O)(OCCOC(COCC)OCCOCC)OC(C)(OCCOCC)C(C)OCC. The van der Waals surface area contributed by atoms with Gasteiger partial charge in [0, 0.05) is 39.6 Å². The van der Waals surface area contributed by atoms with Crippen molar-refractivity contribution >= 4 is 0 Å². The summed E-state index contributed by atoms with van der Waals surface area (Å²) in [5, 5.41) is 11.2. The minimum Gasteiger partial charge on any atom is -0.382 e. The van der Waals surface area contributed by atoms with E-state index in [4.69, 9.17) is 52.1 Å². The fraction of sp³-hybridized carbons (Fsp3) is 1.00. The van der Waals surface area contributed by atoms with E-state index in [1.54, 1.807) is 13.8 Å². The molecule has 0 heterocycles. The van der Waals surface area contributed by atoms with E-state index in [9.17, 15) is 5.11 Å². The lowest BCUT2D eigenvalue weighted by atomic mass is 10.2. The van der Waals surface area contributed by atoms with E-state index in [0.29, 0.717) is 65.9 Å². The van der Waals surface area contributed by atoms with E-state index in [2.05, 4.69) is 0 Å². The van der Waals surface area contributed by atoms with Gasteiger partial charge < -0.3 is 52.5 Å². The smallest absolute Gasteiger partial charge is 0.382 e. The van der Waals surface area contributed by atoms with E-state index in [1.165, 1.54) is 0 Å². The van der Waals surface area contributed by atoms with Gasteiger partial charge in [0.05, 0.1) is 52.9 Å². The van der Waals surface area contributed by atoms with Gasteiger partial charge in [0.1, 0.15) is 6.10 Å². The second-order valence-electron chi connectivity index (χ2n) is 8.06. The lowest BCUT2D eigenvalue weighted by Crippen LogP contribution is -2.54. The normalized spacial score (nSPS) is 16.7. The maximum atomic E-state index is 11.2. The highest BCUT2D eigenvalue weighted by molar-refractivity contribution is 4.73. The first-order chi connectivity index (χ1) is 18.3. The quantitative estimate of drug-likeness (QED) is 0.107. The molecule has 0 amide bonds. The summed E-state index contributed by atoms with van der Waals surface area (Å²) in [6.07, 6.45) is -3.11. The Morgan fingerprint density at radius 1 is 0.579 bits per heavy atom. The van der Waals surface area contributed by atoms with Crippen LogP contribution in [0.1, 0.15) is 54.9 Å². The molecule has 0 bridgehead atoms. The fourth-order valence-electron chi connectivity index (χ4n) is 3.03. The van der Waals surface area contributed by atoms with Gasteiger partial charge in [-0.25, -0.2) is 0 Å². The molecule has 0 aliphatic carbocycles. The third-order valence-electron chi connectivity index (χ3n) is 5.09. The highest BCUT2D eigenvalue weighted by atomic mass is 17.0. The molecule has 0 aromatic heterocycles. The number of hydrogen-bond donors (Lipinski definition) is 1. The lowest BCUT2D eigenvalue weighted by Gasteiger charge is -2.40. The first kappa shape index (κ1) is 37.5. The molecule has 230 valence electrons. The van der Waals surface area contributed by atoms with Crippen molar-refractivity contribution in [2.45, 2.75) is 79.2 Å². The third kappa shape index (κ3) is 18.7. The van der Waals surface area contributed by atoms with Gasteiger partial charge in [0.25, 0.3) is 0 Å². The van der Waals surface area contributed by atoms with Crippen LogP contribution in [0, 0.1) is 0 Å². The molecule has 4 atom stereocenters. The molecule has 0 fully saturated rings. The molecule has 0 aliphatic rings. The van der Waals surface area contributed by atoms with E-state index in [0.717, 1.165) is 0 Å². The number of rotatable bonds is 29. The van der Waals surface area contributed by atoms with Gasteiger partial charge in [-0.2, -0.15) is 0 Å². The summed E-state index contributed by atoms with van der Waals surface area (Å²) in [5.74, 6) is -1.41. The first-order valence-electron chi connectivity index (χ1n) is 13.8. The molecule has 1 N–H and O–H groups in total. The van der Waals surface area contributed by atoms with Gasteiger partial charge in [-0.1, -0.05) is 0 Å². The third-order valence-corrected chi connectivity index (χ3v) is 5.09. The fourth-order valence-corrected chi connectivity index (χ4v) is 3.03. The maximum Gasteiger partial charge on any atom is 0.412 e. The minimum absolute atomic E-state index is 0.0720. The second-order valence-corrected chi connectivity index (χ2v) is 8.06. The number of aliphatic hydroxyl groups is 1. The molecule has 38 heavy (non-hydrogen) atoms. The summed E-state index contributed by atoms with van der Waals surface area (Å²) in [4.78, 5) is 0. The molecular weight excluding hydrogens is 504 g/mol. The molecule has 0 aromatic rings. The Hall–Kier alpha value is -0.480. The van der Waals surface area contributed by atoms with Crippen LogP contribution in [0.2, 0.25) is 0 Å². The average Bonchev–Trinajstić information content (AvgIpc) is 2.89. The van der Waals surface area contributed by atoms with Crippen molar-refractivity contribution in [1.29, 1.82) is 0 Å². The van der Waals surface area contributed by atoms with Crippen molar-refractivity contribution in [2.75, 3.05) is 92.5 Å². The summed E-state index contributed by atoms with van der Waals surface area (Å²) in [6, 6.07) is 0. The molecule has 0 aliphatic heterocycles. The van der Waals surface area contributed by atoms with Crippen LogP contribution < -0.4 is 0 Å². The maximum absolute atomic E-state index is 11.2. The van der Waals surface area contributed by atoms with Gasteiger partial charge in [-0.15, -0.1) is 0 Å². The molecular formula is C26H54O12. The molecule has 0 rings (SSSR count). The van der Waals surface area contributed by atoms with Crippen LogP contribution in [-0.4, -0.2) is 122 Å². The highest BCUT2D eigenvalue weighted by Crippen LogP contribution is 2.28. The van der Waals surface area contributed by atoms with Crippen LogP contribution >= 0.6 is 0 Å². The van der Waals surface area contributed by atoms with Crippen LogP contribution in [0.3, 0.4) is 0 Å². The lowest BCUT2D eigenvalue weighted by molar-refractivity contribution is -0.536. The second kappa shape index (κ2) is 24.3. The molecule has 12 heteroatoms. The monoisotopic (exact) mass is 558 g/mol. The minimum atomic E-state index is -2.44. The summed E-state index contributed by atoms with van der Waals surface area (Å²) in [5.41, 5.74) is 0. The predicted octanol–water partition coefficient (Wildman–Crippen LogP) is 2.69. The van der Waals surface area contributed by atoms with Gasteiger partial charge in [0.15, 0.2) is 12.1 Å². The molecule has 0 spiro atoms. The van der Waals surface area contributed by atoms with E-state index in [1.807, 2.05) is 34.6 Å². The Labute approximate surface area is 229 Å². The van der Waals surface area contributed by atoms with Gasteiger partial charge >= 0.3 is 6.16 Å². The molecule has 4 unspecified atom stereocenters. The standard InChI is InChI=1S/C26H54O12/c1-8-28-14-13-15-36-26(27,38-25(7,23(6)32-12-5)35-20-17-30-10-3)37-21-19-34-24(22-31-11-4)33-18-16-29-9-2/h23-24,27H,8-22H2,1-7H3. The van der Waals surface area contributed by atoms with Gasteiger partial charge in [-0.05, 0) is 54.9 Å². The topological polar surface area (TPSA) is 122 Å². The van der Waals surface area contributed by atoms with Crippen molar-refractivity contribution in [2.24, 2.45) is 0 Å². The summed E-state index contributed by atoms with van der Waals surface area (Å²) in [6.45, 7) is 17.8. The Balaban J connectivity index is 5.22. The highest BCUT2D eigenvalue weighted by Gasteiger charge is 2.45. The summed E-state index contributed by atoms with van der Waals surface area (Å²) >= 11 is 0. The predicted molar refractivity (Wildman–Crippen MR) is 140 cm³/mol. The van der Waals surface area contributed by atoms with Crippen LogP contribution in [0.5, 0.6) is 0 Å². The van der Waals surface area contributed by atoms with Crippen LogP contribution in [0.4, 0.5) is 0 Å².